The quantitative estimate of drug-likeness (QED) is 0.555. The van der Waals surface area contributed by atoms with Crippen molar-refractivity contribution in [1.29, 1.82) is 0 Å². The molecule has 0 saturated heterocycles. The smallest absolute Gasteiger partial charge is 0.139 e. The topological polar surface area (TPSA) is 44.5 Å². The van der Waals surface area contributed by atoms with Crippen LogP contribution in [0.1, 0.15) is 12.5 Å². The van der Waals surface area contributed by atoms with Crippen molar-refractivity contribution < 1.29 is 9.47 Å². The number of hydrogen-bond donors (Lipinski definition) is 1. The fourth-order valence-corrected chi connectivity index (χ4v) is 2.63. The number of benzene rings is 2. The molecule has 2 rings (SSSR count). The molecule has 0 aliphatic heterocycles. The Labute approximate surface area is 142 Å². The van der Waals surface area contributed by atoms with E-state index in [4.69, 9.17) is 38.4 Å². The Balaban J connectivity index is 2.20. The summed E-state index contributed by atoms with van der Waals surface area (Å²) in [5.41, 5.74) is 7.31. The van der Waals surface area contributed by atoms with Gasteiger partial charge in [-0.05, 0) is 47.1 Å². The summed E-state index contributed by atoms with van der Waals surface area (Å²) in [6.07, 6.45) is 0. The number of ether oxygens (including phenoxy) is 2. The molecule has 3 nitrogen and oxygen atoms in total. The van der Waals surface area contributed by atoms with E-state index in [0.717, 1.165) is 15.8 Å². The molecular formula is C15H14BrCl2NO2. The first-order chi connectivity index (χ1) is 10.0. The van der Waals surface area contributed by atoms with Gasteiger partial charge in [-0.3, -0.25) is 0 Å². The van der Waals surface area contributed by atoms with E-state index in [1.807, 2.05) is 19.1 Å². The van der Waals surface area contributed by atoms with E-state index >= 15 is 0 Å². The maximum Gasteiger partial charge on any atom is 0.139 e. The molecule has 0 unspecified atom stereocenters. The summed E-state index contributed by atoms with van der Waals surface area (Å²) in [6.45, 7) is 2.78. The van der Waals surface area contributed by atoms with E-state index < -0.39 is 0 Å². The Morgan fingerprint density at radius 2 is 1.81 bits per heavy atom. The molecule has 0 radical (unpaired) electrons. The van der Waals surface area contributed by atoms with Crippen molar-refractivity contribution in [1.82, 2.24) is 0 Å². The Bertz CT molecular complexity index is 650. The summed E-state index contributed by atoms with van der Waals surface area (Å²) in [5, 5.41) is 1.01. The summed E-state index contributed by atoms with van der Waals surface area (Å²) >= 11 is 15.5. The van der Waals surface area contributed by atoms with E-state index in [1.165, 1.54) is 0 Å². The minimum absolute atomic E-state index is 0.290. The maximum absolute atomic E-state index is 6.13. The van der Waals surface area contributed by atoms with Crippen LogP contribution in [0.2, 0.25) is 10.0 Å². The second-order valence-corrected chi connectivity index (χ2v) is 5.95. The Morgan fingerprint density at radius 3 is 2.52 bits per heavy atom. The molecule has 0 atom stereocenters. The Morgan fingerprint density at radius 1 is 1.05 bits per heavy atom. The molecule has 0 amide bonds. The van der Waals surface area contributed by atoms with Crippen LogP contribution in [0.25, 0.3) is 0 Å². The van der Waals surface area contributed by atoms with E-state index in [-0.39, 0.29) is 6.61 Å². The Hall–Kier alpha value is -1.10. The van der Waals surface area contributed by atoms with E-state index in [1.54, 1.807) is 18.2 Å². The highest BCUT2D eigenvalue weighted by molar-refractivity contribution is 9.10. The zero-order chi connectivity index (χ0) is 15.4. The summed E-state index contributed by atoms with van der Waals surface area (Å²) in [6, 6.07) is 8.80. The molecule has 0 heterocycles. The first-order valence-electron chi connectivity index (χ1n) is 6.29. The third kappa shape index (κ3) is 4.19. The molecule has 112 valence electrons. The lowest BCUT2D eigenvalue weighted by molar-refractivity contribution is 0.286. The van der Waals surface area contributed by atoms with Gasteiger partial charge in [-0.15, -0.1) is 0 Å². The predicted octanol–water partition coefficient (Wildman–Crippen LogP) is 5.32. The molecule has 0 spiro atoms. The van der Waals surface area contributed by atoms with Gasteiger partial charge in [-0.1, -0.05) is 23.2 Å². The van der Waals surface area contributed by atoms with Gasteiger partial charge >= 0.3 is 0 Å². The van der Waals surface area contributed by atoms with Crippen LogP contribution in [0.3, 0.4) is 0 Å². The third-order valence-electron chi connectivity index (χ3n) is 2.74. The zero-order valence-electron chi connectivity index (χ0n) is 11.3. The lowest BCUT2D eigenvalue weighted by Gasteiger charge is -2.13. The molecule has 0 saturated carbocycles. The molecule has 0 bridgehead atoms. The molecule has 0 fully saturated rings. The van der Waals surface area contributed by atoms with E-state index in [2.05, 4.69) is 15.9 Å². The van der Waals surface area contributed by atoms with Crippen LogP contribution in [-0.4, -0.2) is 6.61 Å². The van der Waals surface area contributed by atoms with Gasteiger partial charge < -0.3 is 15.2 Å². The fraction of sp³-hybridized carbons (Fsp3) is 0.200. The molecule has 2 aromatic carbocycles. The molecule has 0 aliphatic rings. The highest BCUT2D eigenvalue weighted by Gasteiger charge is 2.10. The zero-order valence-corrected chi connectivity index (χ0v) is 14.4. The summed E-state index contributed by atoms with van der Waals surface area (Å²) in [4.78, 5) is 0. The largest absolute Gasteiger partial charge is 0.493 e. The first-order valence-corrected chi connectivity index (χ1v) is 7.84. The summed E-state index contributed by atoms with van der Waals surface area (Å²) < 4.78 is 12.0. The standard InChI is InChI=1S/C15H14BrCl2NO2/c1-2-20-14-4-3-10(19)5-9(14)8-21-15-7-12(17)11(16)6-13(15)18/h3-7H,2,8,19H2,1H3. The number of rotatable bonds is 5. The lowest BCUT2D eigenvalue weighted by atomic mass is 10.2. The van der Waals surface area contributed by atoms with Crippen molar-refractivity contribution in [3.8, 4) is 11.5 Å². The van der Waals surface area contributed by atoms with E-state index in [9.17, 15) is 0 Å². The lowest BCUT2D eigenvalue weighted by Crippen LogP contribution is -2.02. The van der Waals surface area contributed by atoms with E-state index in [0.29, 0.717) is 28.1 Å². The number of nitrogen functional groups attached to an aromatic ring is 1. The van der Waals surface area contributed by atoms with Crippen LogP contribution in [-0.2, 0) is 6.61 Å². The van der Waals surface area contributed by atoms with Crippen LogP contribution in [0.5, 0.6) is 11.5 Å². The average Bonchev–Trinajstić information content (AvgIpc) is 2.44. The van der Waals surface area contributed by atoms with Gasteiger partial charge in [-0.2, -0.15) is 0 Å². The summed E-state index contributed by atoms with van der Waals surface area (Å²) in [5.74, 6) is 1.25. The van der Waals surface area contributed by atoms with Crippen molar-refractivity contribution >= 4 is 44.8 Å². The monoisotopic (exact) mass is 389 g/mol. The minimum atomic E-state index is 0.290. The highest BCUT2D eigenvalue weighted by atomic mass is 79.9. The van der Waals surface area contributed by atoms with Crippen molar-refractivity contribution in [2.45, 2.75) is 13.5 Å². The fourth-order valence-electron chi connectivity index (χ4n) is 1.78. The van der Waals surface area contributed by atoms with Gasteiger partial charge in [0.1, 0.15) is 18.1 Å². The molecular weight excluding hydrogens is 377 g/mol. The van der Waals surface area contributed by atoms with Crippen molar-refractivity contribution in [3.05, 3.63) is 50.4 Å². The normalized spacial score (nSPS) is 10.5. The average molecular weight is 391 g/mol. The van der Waals surface area contributed by atoms with Crippen molar-refractivity contribution in [2.24, 2.45) is 0 Å². The van der Waals surface area contributed by atoms with Gasteiger partial charge in [0.2, 0.25) is 0 Å². The second kappa shape index (κ2) is 7.25. The van der Waals surface area contributed by atoms with Crippen LogP contribution < -0.4 is 15.2 Å². The molecule has 0 aromatic heterocycles. The Kier molecular flexibility index (Phi) is 5.62. The maximum atomic E-state index is 6.13. The third-order valence-corrected chi connectivity index (χ3v) is 4.23. The van der Waals surface area contributed by atoms with Gasteiger partial charge in [0.05, 0.1) is 16.7 Å². The second-order valence-electron chi connectivity index (χ2n) is 4.29. The molecule has 2 N–H and O–H groups in total. The number of halogens is 3. The number of hydrogen-bond acceptors (Lipinski definition) is 3. The van der Waals surface area contributed by atoms with Gasteiger partial charge in [-0.25, -0.2) is 0 Å². The predicted molar refractivity (Wildman–Crippen MR) is 90.5 cm³/mol. The molecule has 0 aliphatic carbocycles. The first kappa shape index (κ1) is 16.3. The van der Waals surface area contributed by atoms with Gasteiger partial charge in [0, 0.05) is 21.8 Å². The molecule has 6 heteroatoms. The minimum Gasteiger partial charge on any atom is -0.493 e. The molecule has 2 aromatic rings. The van der Waals surface area contributed by atoms with Gasteiger partial charge in [0.15, 0.2) is 0 Å². The van der Waals surface area contributed by atoms with Crippen LogP contribution in [0, 0.1) is 0 Å². The van der Waals surface area contributed by atoms with Crippen molar-refractivity contribution in [3.63, 3.8) is 0 Å². The van der Waals surface area contributed by atoms with Crippen LogP contribution in [0.15, 0.2) is 34.8 Å². The summed E-state index contributed by atoms with van der Waals surface area (Å²) in [7, 11) is 0. The highest BCUT2D eigenvalue weighted by Crippen LogP contribution is 2.35. The number of nitrogens with two attached hydrogens (primary N) is 1. The van der Waals surface area contributed by atoms with Gasteiger partial charge in [0.25, 0.3) is 0 Å². The van der Waals surface area contributed by atoms with Crippen molar-refractivity contribution in [2.75, 3.05) is 12.3 Å². The van der Waals surface area contributed by atoms with Crippen LogP contribution >= 0.6 is 39.1 Å². The molecule has 21 heavy (non-hydrogen) atoms. The number of anilines is 1. The van der Waals surface area contributed by atoms with Crippen LogP contribution in [0.4, 0.5) is 5.69 Å². The SMILES string of the molecule is CCOc1ccc(N)cc1COc1cc(Cl)c(Br)cc1Cl.